The Kier molecular flexibility index (Phi) is 4.34. The van der Waals surface area contributed by atoms with Crippen molar-refractivity contribution in [1.29, 1.82) is 0 Å². The molecule has 1 saturated carbocycles. The minimum absolute atomic E-state index is 0.265. The van der Waals surface area contributed by atoms with Crippen LogP contribution in [-0.4, -0.2) is 40.5 Å². The molecule has 1 aromatic heterocycles. The number of nitrogens with zero attached hydrogens (tertiary/aromatic N) is 1. The van der Waals surface area contributed by atoms with Crippen LogP contribution in [-0.2, 0) is 0 Å². The van der Waals surface area contributed by atoms with Crippen molar-refractivity contribution in [1.82, 2.24) is 15.5 Å². The van der Waals surface area contributed by atoms with Gasteiger partial charge < -0.3 is 15.2 Å². The molecule has 1 aliphatic rings. The second-order valence-electron chi connectivity index (χ2n) is 5.98. The van der Waals surface area contributed by atoms with Crippen molar-refractivity contribution in [3.8, 4) is 17.0 Å². The van der Waals surface area contributed by atoms with E-state index >= 15 is 0 Å². The van der Waals surface area contributed by atoms with Gasteiger partial charge in [0.25, 0.3) is 5.91 Å². The number of nitrogens with one attached hydrogen (secondary N) is 2. The molecule has 122 valence electrons. The van der Waals surface area contributed by atoms with Crippen LogP contribution in [0.4, 0.5) is 0 Å². The van der Waals surface area contributed by atoms with E-state index in [0.29, 0.717) is 17.1 Å². The molecule has 0 aliphatic heterocycles. The Hall–Kier alpha value is -2.34. The quantitative estimate of drug-likeness (QED) is 0.789. The van der Waals surface area contributed by atoms with Crippen LogP contribution in [0.15, 0.2) is 30.3 Å². The summed E-state index contributed by atoms with van der Waals surface area (Å²) in [5.74, 6) is 0.435. The van der Waals surface area contributed by atoms with Gasteiger partial charge in [-0.15, -0.1) is 0 Å². The minimum Gasteiger partial charge on any atom is -0.496 e. The van der Waals surface area contributed by atoms with Crippen LogP contribution in [0.3, 0.4) is 0 Å². The molecular weight excluding hydrogens is 294 g/mol. The molecule has 0 bridgehead atoms. The Labute approximate surface area is 134 Å². The Morgan fingerprint density at radius 1 is 1.39 bits per heavy atom. The summed E-state index contributed by atoms with van der Waals surface area (Å²) in [7, 11) is 1.60. The number of carbonyl (C=O) groups excluding carboxylic acids is 1. The molecular formula is C17H21N3O3. The highest BCUT2D eigenvalue weighted by Gasteiger charge is 2.31. The standard InChI is InChI=1S/C17H21N3O3/c1-23-15-7-3-2-6-12(15)13-10-14(20-19-13)16(21)18-11-17(22)8-4-5-9-17/h2-3,6-7,10,22H,4-5,8-9,11H2,1H3,(H,18,21)(H,19,20). The molecule has 0 spiro atoms. The fraction of sp³-hybridized carbons (Fsp3) is 0.412. The topological polar surface area (TPSA) is 87.2 Å². The van der Waals surface area contributed by atoms with E-state index in [2.05, 4.69) is 15.5 Å². The summed E-state index contributed by atoms with van der Waals surface area (Å²) in [6.07, 6.45) is 3.49. The first-order chi connectivity index (χ1) is 11.1. The van der Waals surface area contributed by atoms with E-state index in [-0.39, 0.29) is 12.5 Å². The SMILES string of the molecule is COc1ccccc1-c1cc(C(=O)NCC2(O)CCCC2)[nH]n1. The lowest BCUT2D eigenvalue weighted by molar-refractivity contribution is 0.0448. The smallest absolute Gasteiger partial charge is 0.269 e. The van der Waals surface area contributed by atoms with Gasteiger partial charge in [0.05, 0.1) is 18.4 Å². The summed E-state index contributed by atoms with van der Waals surface area (Å²) in [5, 5.41) is 20.0. The zero-order chi connectivity index (χ0) is 16.3. The average Bonchev–Trinajstić information content (AvgIpc) is 3.22. The molecule has 1 aromatic carbocycles. The average molecular weight is 315 g/mol. The van der Waals surface area contributed by atoms with Crippen LogP contribution in [0, 0.1) is 0 Å². The molecule has 3 rings (SSSR count). The van der Waals surface area contributed by atoms with Gasteiger partial charge >= 0.3 is 0 Å². The molecule has 6 heteroatoms. The third kappa shape index (κ3) is 3.37. The fourth-order valence-corrected chi connectivity index (χ4v) is 2.98. The van der Waals surface area contributed by atoms with Gasteiger partial charge in [0.1, 0.15) is 11.4 Å². The molecule has 0 atom stereocenters. The van der Waals surface area contributed by atoms with Gasteiger partial charge in [-0.25, -0.2) is 0 Å². The molecule has 0 radical (unpaired) electrons. The largest absolute Gasteiger partial charge is 0.496 e. The van der Waals surface area contributed by atoms with Gasteiger partial charge in [0.2, 0.25) is 0 Å². The first-order valence-corrected chi connectivity index (χ1v) is 7.81. The highest BCUT2D eigenvalue weighted by Crippen LogP contribution is 2.29. The Bertz CT molecular complexity index is 690. The highest BCUT2D eigenvalue weighted by molar-refractivity contribution is 5.93. The number of aromatic nitrogens is 2. The van der Waals surface area contributed by atoms with Crippen molar-refractivity contribution < 1.29 is 14.6 Å². The van der Waals surface area contributed by atoms with Crippen LogP contribution >= 0.6 is 0 Å². The second kappa shape index (κ2) is 6.42. The highest BCUT2D eigenvalue weighted by atomic mass is 16.5. The van der Waals surface area contributed by atoms with Crippen molar-refractivity contribution in [3.05, 3.63) is 36.0 Å². The summed E-state index contributed by atoms with van der Waals surface area (Å²) in [4.78, 5) is 12.2. The first kappa shape index (κ1) is 15.6. The zero-order valence-corrected chi connectivity index (χ0v) is 13.1. The van der Waals surface area contributed by atoms with E-state index in [1.165, 1.54) is 0 Å². The van der Waals surface area contributed by atoms with E-state index in [9.17, 15) is 9.90 Å². The monoisotopic (exact) mass is 315 g/mol. The molecule has 6 nitrogen and oxygen atoms in total. The molecule has 1 amide bonds. The Balaban J connectivity index is 1.70. The number of benzene rings is 1. The van der Waals surface area contributed by atoms with Crippen LogP contribution in [0.2, 0.25) is 0 Å². The fourth-order valence-electron chi connectivity index (χ4n) is 2.98. The summed E-state index contributed by atoms with van der Waals surface area (Å²) < 4.78 is 5.31. The van der Waals surface area contributed by atoms with Gasteiger partial charge in [-0.1, -0.05) is 25.0 Å². The van der Waals surface area contributed by atoms with Crippen LogP contribution in [0.1, 0.15) is 36.2 Å². The number of hydrogen-bond donors (Lipinski definition) is 3. The lowest BCUT2D eigenvalue weighted by Crippen LogP contribution is -2.40. The maximum Gasteiger partial charge on any atom is 0.269 e. The van der Waals surface area contributed by atoms with Gasteiger partial charge in [-0.2, -0.15) is 5.10 Å². The number of amides is 1. The van der Waals surface area contributed by atoms with Crippen LogP contribution in [0.25, 0.3) is 11.3 Å². The number of hydrogen-bond acceptors (Lipinski definition) is 4. The second-order valence-corrected chi connectivity index (χ2v) is 5.98. The molecule has 23 heavy (non-hydrogen) atoms. The number of rotatable bonds is 5. The van der Waals surface area contributed by atoms with Gasteiger partial charge in [0, 0.05) is 12.1 Å². The number of ether oxygens (including phenoxy) is 1. The van der Waals surface area contributed by atoms with E-state index in [0.717, 1.165) is 31.2 Å². The van der Waals surface area contributed by atoms with Crippen LogP contribution < -0.4 is 10.1 Å². The number of para-hydroxylation sites is 1. The summed E-state index contributed by atoms with van der Waals surface area (Å²) in [5.41, 5.74) is 1.07. The van der Waals surface area contributed by atoms with E-state index in [1.54, 1.807) is 13.2 Å². The summed E-state index contributed by atoms with van der Waals surface area (Å²) in [6, 6.07) is 9.19. The molecule has 1 heterocycles. The van der Waals surface area contributed by atoms with E-state index in [1.807, 2.05) is 24.3 Å². The molecule has 0 saturated heterocycles. The van der Waals surface area contributed by atoms with Crippen molar-refractivity contribution in [3.63, 3.8) is 0 Å². The maximum absolute atomic E-state index is 12.2. The number of methoxy groups -OCH3 is 1. The molecule has 1 aliphatic carbocycles. The predicted molar refractivity (Wildman–Crippen MR) is 86.3 cm³/mol. The zero-order valence-electron chi connectivity index (χ0n) is 13.1. The maximum atomic E-state index is 12.2. The third-order valence-corrected chi connectivity index (χ3v) is 4.32. The molecule has 2 aromatic rings. The Morgan fingerprint density at radius 2 is 2.13 bits per heavy atom. The van der Waals surface area contributed by atoms with Crippen molar-refractivity contribution in [2.75, 3.05) is 13.7 Å². The Morgan fingerprint density at radius 3 is 2.87 bits per heavy atom. The molecule has 1 fully saturated rings. The van der Waals surface area contributed by atoms with Gasteiger partial charge in [-0.3, -0.25) is 9.89 Å². The number of aliphatic hydroxyl groups is 1. The first-order valence-electron chi connectivity index (χ1n) is 7.81. The van der Waals surface area contributed by atoms with Gasteiger partial charge in [0.15, 0.2) is 0 Å². The predicted octanol–water partition coefficient (Wildman–Crippen LogP) is 2.12. The van der Waals surface area contributed by atoms with Crippen molar-refractivity contribution >= 4 is 5.91 Å². The van der Waals surface area contributed by atoms with Crippen LogP contribution in [0.5, 0.6) is 5.75 Å². The normalized spacial score (nSPS) is 16.3. The summed E-state index contributed by atoms with van der Waals surface area (Å²) >= 11 is 0. The molecule has 0 unspecified atom stereocenters. The summed E-state index contributed by atoms with van der Waals surface area (Å²) in [6.45, 7) is 0.273. The van der Waals surface area contributed by atoms with Crippen molar-refractivity contribution in [2.24, 2.45) is 0 Å². The number of H-pyrrole nitrogens is 1. The number of carbonyl (C=O) groups is 1. The van der Waals surface area contributed by atoms with E-state index < -0.39 is 5.60 Å². The van der Waals surface area contributed by atoms with Crippen molar-refractivity contribution in [2.45, 2.75) is 31.3 Å². The lowest BCUT2D eigenvalue weighted by Gasteiger charge is -2.21. The lowest BCUT2D eigenvalue weighted by atomic mass is 10.0. The third-order valence-electron chi connectivity index (χ3n) is 4.32. The minimum atomic E-state index is -0.763. The van der Waals surface area contributed by atoms with E-state index in [4.69, 9.17) is 4.74 Å². The van der Waals surface area contributed by atoms with Gasteiger partial charge in [-0.05, 0) is 31.0 Å². The number of aromatic amines is 1. The molecule has 3 N–H and O–H groups in total.